The highest BCUT2D eigenvalue weighted by atomic mass is 35.5. The van der Waals surface area contributed by atoms with Gasteiger partial charge in [0.25, 0.3) is 0 Å². The van der Waals surface area contributed by atoms with Crippen molar-refractivity contribution in [2.45, 2.75) is 0 Å². The minimum absolute atomic E-state index is 0.493. The maximum Gasteiger partial charge on any atom is 0.0613 e. The van der Waals surface area contributed by atoms with Crippen LogP contribution in [0.5, 0.6) is 0 Å². The molecule has 1 rings (SSSR count). The van der Waals surface area contributed by atoms with Crippen LogP contribution in [-0.4, -0.2) is 0 Å². The molecule has 4 heteroatoms. The van der Waals surface area contributed by atoms with E-state index in [1.165, 1.54) is 0 Å². The van der Waals surface area contributed by atoms with Crippen LogP contribution in [0.1, 0.15) is 0 Å². The molecular weight excluding hydrogens is 192 g/mol. The van der Waals surface area contributed by atoms with Crippen LogP contribution in [0.4, 0.5) is 5.69 Å². The standard InChI is InChI=1S/C6H4Cl3N/c7-5-2-1-4(10-9)3-6(5)8/h1-3,10H. The van der Waals surface area contributed by atoms with Gasteiger partial charge in [-0.3, -0.25) is 4.84 Å². The van der Waals surface area contributed by atoms with E-state index in [0.29, 0.717) is 10.0 Å². The van der Waals surface area contributed by atoms with Crippen LogP contribution in [0, 0.1) is 0 Å². The minimum atomic E-state index is 0.493. The van der Waals surface area contributed by atoms with Gasteiger partial charge < -0.3 is 0 Å². The van der Waals surface area contributed by atoms with Crippen molar-refractivity contribution in [3.05, 3.63) is 28.2 Å². The Kier molecular flexibility index (Phi) is 2.66. The van der Waals surface area contributed by atoms with Gasteiger partial charge in [0.1, 0.15) is 0 Å². The summed E-state index contributed by atoms with van der Waals surface area (Å²) in [5, 5.41) is 1.02. The Balaban J connectivity index is 3.04. The van der Waals surface area contributed by atoms with Gasteiger partial charge in [0.05, 0.1) is 15.7 Å². The SMILES string of the molecule is ClNc1ccc(Cl)c(Cl)c1. The van der Waals surface area contributed by atoms with Crippen molar-refractivity contribution >= 4 is 40.7 Å². The fourth-order valence-electron chi connectivity index (χ4n) is 0.555. The number of benzene rings is 1. The van der Waals surface area contributed by atoms with E-state index in [1.807, 2.05) is 0 Å². The molecule has 54 valence electrons. The van der Waals surface area contributed by atoms with Crippen molar-refractivity contribution in [1.29, 1.82) is 0 Å². The van der Waals surface area contributed by atoms with E-state index in [-0.39, 0.29) is 0 Å². The molecule has 0 radical (unpaired) electrons. The Morgan fingerprint density at radius 2 is 1.80 bits per heavy atom. The molecule has 0 aliphatic heterocycles. The van der Waals surface area contributed by atoms with Gasteiger partial charge in [-0.1, -0.05) is 23.2 Å². The second kappa shape index (κ2) is 3.33. The average molecular weight is 196 g/mol. The predicted octanol–water partition coefficient (Wildman–Crippen LogP) is 3.56. The van der Waals surface area contributed by atoms with Crippen molar-refractivity contribution in [2.24, 2.45) is 0 Å². The molecule has 0 heterocycles. The first kappa shape index (κ1) is 7.99. The zero-order valence-corrected chi connectivity index (χ0v) is 7.13. The van der Waals surface area contributed by atoms with E-state index in [4.69, 9.17) is 35.0 Å². The van der Waals surface area contributed by atoms with E-state index in [2.05, 4.69) is 4.84 Å². The van der Waals surface area contributed by atoms with Crippen LogP contribution < -0.4 is 4.84 Å². The first-order chi connectivity index (χ1) is 4.74. The lowest BCUT2D eigenvalue weighted by Crippen LogP contribution is -1.78. The topological polar surface area (TPSA) is 12.0 Å². The molecule has 0 unspecified atom stereocenters. The van der Waals surface area contributed by atoms with Crippen LogP contribution in [0.3, 0.4) is 0 Å². The Morgan fingerprint density at radius 1 is 1.10 bits per heavy atom. The fraction of sp³-hybridized carbons (Fsp3) is 0. The van der Waals surface area contributed by atoms with Crippen LogP contribution in [-0.2, 0) is 0 Å². The quantitative estimate of drug-likeness (QED) is 0.677. The van der Waals surface area contributed by atoms with Crippen LogP contribution in [0.2, 0.25) is 10.0 Å². The van der Waals surface area contributed by atoms with E-state index >= 15 is 0 Å². The maximum atomic E-state index is 5.66. The number of anilines is 1. The lowest BCUT2D eigenvalue weighted by atomic mass is 10.3. The average Bonchev–Trinajstić information content (AvgIpc) is 1.95. The number of halogens is 3. The smallest absolute Gasteiger partial charge is 0.0613 e. The van der Waals surface area contributed by atoms with Gasteiger partial charge in [0, 0.05) is 11.8 Å². The monoisotopic (exact) mass is 195 g/mol. The van der Waals surface area contributed by atoms with Crippen molar-refractivity contribution in [3.8, 4) is 0 Å². The van der Waals surface area contributed by atoms with Crippen LogP contribution >= 0.6 is 35.0 Å². The molecule has 0 spiro atoms. The summed E-state index contributed by atoms with van der Waals surface area (Å²) in [6.07, 6.45) is 0. The zero-order valence-electron chi connectivity index (χ0n) is 4.87. The number of rotatable bonds is 1. The molecular formula is C6H4Cl3N. The van der Waals surface area contributed by atoms with Crippen LogP contribution in [0.15, 0.2) is 18.2 Å². The van der Waals surface area contributed by atoms with Gasteiger partial charge in [-0.2, -0.15) is 0 Å². The van der Waals surface area contributed by atoms with Gasteiger partial charge in [-0.05, 0) is 18.2 Å². The first-order valence-corrected chi connectivity index (χ1v) is 3.69. The number of hydrogen-bond donors (Lipinski definition) is 1. The molecule has 0 aliphatic rings. The van der Waals surface area contributed by atoms with Crippen molar-refractivity contribution in [2.75, 3.05) is 4.84 Å². The van der Waals surface area contributed by atoms with Crippen molar-refractivity contribution in [3.63, 3.8) is 0 Å². The summed E-state index contributed by atoms with van der Waals surface area (Å²) in [4.78, 5) is 2.42. The van der Waals surface area contributed by atoms with E-state index in [0.717, 1.165) is 5.69 Å². The molecule has 0 aromatic heterocycles. The minimum Gasteiger partial charge on any atom is -0.298 e. The van der Waals surface area contributed by atoms with Gasteiger partial charge in [-0.25, -0.2) is 0 Å². The number of hydrogen-bond acceptors (Lipinski definition) is 1. The molecule has 1 N–H and O–H groups in total. The summed E-state index contributed by atoms with van der Waals surface area (Å²) in [6.45, 7) is 0. The normalized spacial score (nSPS) is 9.50. The third kappa shape index (κ3) is 1.69. The van der Waals surface area contributed by atoms with E-state index < -0.39 is 0 Å². The summed E-state index contributed by atoms with van der Waals surface area (Å²) in [5.74, 6) is 0. The van der Waals surface area contributed by atoms with Gasteiger partial charge in [-0.15, -0.1) is 0 Å². The summed E-state index contributed by atoms with van der Waals surface area (Å²) in [6, 6.07) is 5.06. The van der Waals surface area contributed by atoms with Gasteiger partial charge in [0.15, 0.2) is 0 Å². The molecule has 10 heavy (non-hydrogen) atoms. The summed E-state index contributed by atoms with van der Waals surface area (Å²) >= 11 is 16.6. The Labute approximate surface area is 74.0 Å². The highest BCUT2D eigenvalue weighted by molar-refractivity contribution is 6.42. The third-order valence-electron chi connectivity index (χ3n) is 1.03. The highest BCUT2D eigenvalue weighted by Crippen LogP contribution is 2.24. The second-order valence-corrected chi connectivity index (χ2v) is 2.73. The first-order valence-electron chi connectivity index (χ1n) is 2.55. The predicted molar refractivity (Wildman–Crippen MR) is 45.9 cm³/mol. The molecule has 1 aromatic carbocycles. The molecule has 0 saturated heterocycles. The molecule has 0 atom stereocenters. The number of nitrogens with one attached hydrogen (secondary N) is 1. The van der Waals surface area contributed by atoms with Gasteiger partial charge >= 0.3 is 0 Å². The highest BCUT2D eigenvalue weighted by Gasteiger charge is 1.96. The van der Waals surface area contributed by atoms with Crippen molar-refractivity contribution < 1.29 is 0 Å². The maximum absolute atomic E-state index is 5.66. The largest absolute Gasteiger partial charge is 0.298 e. The van der Waals surface area contributed by atoms with Crippen molar-refractivity contribution in [1.82, 2.24) is 0 Å². The Bertz CT molecular complexity index is 236. The molecule has 0 bridgehead atoms. The molecule has 0 aliphatic carbocycles. The second-order valence-electron chi connectivity index (χ2n) is 1.72. The molecule has 0 amide bonds. The molecule has 1 aromatic rings. The van der Waals surface area contributed by atoms with E-state index in [1.54, 1.807) is 18.2 Å². The molecule has 0 fully saturated rings. The third-order valence-corrected chi connectivity index (χ3v) is 1.99. The lowest BCUT2D eigenvalue weighted by Gasteiger charge is -1.98. The summed E-state index contributed by atoms with van der Waals surface area (Å²) in [5.41, 5.74) is 0.732. The zero-order chi connectivity index (χ0) is 7.56. The fourth-order valence-corrected chi connectivity index (χ4v) is 0.971. The summed E-state index contributed by atoms with van der Waals surface area (Å²) in [7, 11) is 0. The van der Waals surface area contributed by atoms with E-state index in [9.17, 15) is 0 Å². The van der Waals surface area contributed by atoms with Gasteiger partial charge in [0.2, 0.25) is 0 Å². The molecule has 1 nitrogen and oxygen atoms in total. The Hall–Kier alpha value is -0.110. The summed E-state index contributed by atoms with van der Waals surface area (Å²) < 4.78 is 0. The Morgan fingerprint density at radius 3 is 2.30 bits per heavy atom. The van der Waals surface area contributed by atoms with Crippen LogP contribution in [0.25, 0.3) is 0 Å². The molecule has 0 saturated carbocycles. The lowest BCUT2D eigenvalue weighted by molar-refractivity contribution is 1.67.